The molecule has 8 nitrogen and oxygen atoms in total. The second-order valence-electron chi connectivity index (χ2n) is 8.29. The standard InChI is InChI=1S/C25H29N3O5/c1-6-33-25(30)20-21(26-15(3)23(32-5)22(20)29)17-11-16-9-7-8-10-18(16)27-24(17)28-12-14(2)19(13-28)31-4/h7-11,14,19H,6,12-13H2,1-5H3,(H,26,29)/t14-,19-/m1/s1. The van der Waals surface area contributed by atoms with Crippen LogP contribution < -0.4 is 15.1 Å². The topological polar surface area (TPSA) is 93.8 Å². The number of rotatable bonds is 6. The Morgan fingerprint density at radius 1 is 1.24 bits per heavy atom. The molecule has 0 unspecified atom stereocenters. The molecule has 1 aliphatic heterocycles. The van der Waals surface area contributed by atoms with Crippen LogP contribution in [0.1, 0.15) is 29.9 Å². The van der Waals surface area contributed by atoms with E-state index in [9.17, 15) is 9.59 Å². The zero-order valence-corrected chi connectivity index (χ0v) is 19.6. The average molecular weight is 452 g/mol. The van der Waals surface area contributed by atoms with Crippen molar-refractivity contribution in [3.8, 4) is 17.0 Å². The Bertz CT molecular complexity index is 1250. The van der Waals surface area contributed by atoms with Crippen LogP contribution in [0.3, 0.4) is 0 Å². The van der Waals surface area contributed by atoms with Gasteiger partial charge in [-0.2, -0.15) is 0 Å². The number of methoxy groups -OCH3 is 2. The van der Waals surface area contributed by atoms with Gasteiger partial charge in [0.2, 0.25) is 5.43 Å². The highest BCUT2D eigenvalue weighted by Gasteiger charge is 2.33. The SMILES string of the molecule is CCOC(=O)c1c(-c2cc3ccccc3nc2N2C[C@@H](C)[C@H](OC)C2)[nH]c(C)c(OC)c1=O. The molecule has 1 aliphatic rings. The summed E-state index contributed by atoms with van der Waals surface area (Å²) in [6, 6.07) is 9.73. The van der Waals surface area contributed by atoms with E-state index in [0.717, 1.165) is 17.4 Å². The summed E-state index contributed by atoms with van der Waals surface area (Å²) in [5, 5.41) is 0.899. The monoisotopic (exact) mass is 451 g/mol. The largest absolute Gasteiger partial charge is 0.491 e. The number of aromatic nitrogens is 2. The van der Waals surface area contributed by atoms with Gasteiger partial charge in [0, 0.05) is 37.1 Å². The molecule has 8 heteroatoms. The Balaban J connectivity index is 2.01. The molecular weight excluding hydrogens is 422 g/mol. The summed E-state index contributed by atoms with van der Waals surface area (Å²) in [6.45, 7) is 7.13. The molecule has 2 aromatic heterocycles. The number of esters is 1. The lowest BCUT2D eigenvalue weighted by molar-refractivity contribution is 0.0525. The molecule has 0 amide bonds. The van der Waals surface area contributed by atoms with E-state index in [1.54, 1.807) is 21.0 Å². The zero-order chi connectivity index (χ0) is 23.7. The van der Waals surface area contributed by atoms with Crippen LogP contribution in [0, 0.1) is 12.8 Å². The first-order valence-corrected chi connectivity index (χ1v) is 11.0. The molecule has 4 rings (SSSR count). The summed E-state index contributed by atoms with van der Waals surface area (Å²) in [5.74, 6) is 0.380. The first-order chi connectivity index (χ1) is 15.9. The summed E-state index contributed by atoms with van der Waals surface area (Å²) in [4.78, 5) is 36.5. The zero-order valence-electron chi connectivity index (χ0n) is 19.6. The number of hydrogen-bond acceptors (Lipinski definition) is 7. The number of fused-ring (bicyclic) bond motifs is 1. The molecule has 0 saturated carbocycles. The Hall–Kier alpha value is -3.39. The van der Waals surface area contributed by atoms with E-state index in [1.807, 2.05) is 30.3 Å². The summed E-state index contributed by atoms with van der Waals surface area (Å²) in [7, 11) is 3.12. The minimum absolute atomic E-state index is 0.0623. The lowest BCUT2D eigenvalue weighted by Crippen LogP contribution is -2.26. The third-order valence-corrected chi connectivity index (χ3v) is 6.14. The predicted molar refractivity (Wildman–Crippen MR) is 127 cm³/mol. The van der Waals surface area contributed by atoms with Gasteiger partial charge in [-0.05, 0) is 26.0 Å². The number of H-pyrrole nitrogens is 1. The van der Waals surface area contributed by atoms with E-state index < -0.39 is 11.4 Å². The normalized spacial score (nSPS) is 18.0. The lowest BCUT2D eigenvalue weighted by atomic mass is 10.0. The van der Waals surface area contributed by atoms with Crippen molar-refractivity contribution in [3.05, 3.63) is 51.8 Å². The number of anilines is 1. The third-order valence-electron chi connectivity index (χ3n) is 6.14. The molecule has 3 aromatic rings. The van der Waals surface area contributed by atoms with E-state index in [2.05, 4.69) is 16.8 Å². The summed E-state index contributed by atoms with van der Waals surface area (Å²) < 4.78 is 16.2. The fourth-order valence-electron chi connectivity index (χ4n) is 4.50. The molecule has 1 fully saturated rings. The Labute approximate surface area is 192 Å². The van der Waals surface area contributed by atoms with Crippen LogP contribution in [0.15, 0.2) is 35.1 Å². The highest BCUT2D eigenvalue weighted by Crippen LogP contribution is 2.36. The smallest absolute Gasteiger partial charge is 0.344 e. The molecule has 174 valence electrons. The van der Waals surface area contributed by atoms with E-state index in [1.165, 1.54) is 7.11 Å². The number of ether oxygens (including phenoxy) is 3. The van der Waals surface area contributed by atoms with Crippen LogP contribution in [-0.4, -0.2) is 56.0 Å². The van der Waals surface area contributed by atoms with Crippen molar-refractivity contribution in [3.63, 3.8) is 0 Å². The van der Waals surface area contributed by atoms with E-state index in [0.29, 0.717) is 35.2 Å². The van der Waals surface area contributed by atoms with Crippen molar-refractivity contribution < 1.29 is 19.0 Å². The van der Waals surface area contributed by atoms with Gasteiger partial charge in [-0.3, -0.25) is 4.79 Å². The number of nitrogens with zero attached hydrogens (tertiary/aromatic N) is 2. The highest BCUT2D eigenvalue weighted by atomic mass is 16.5. The van der Waals surface area contributed by atoms with Gasteiger partial charge in [0.25, 0.3) is 0 Å². The Kier molecular flexibility index (Phi) is 6.37. The number of pyridine rings is 2. The molecule has 3 heterocycles. The first kappa shape index (κ1) is 22.8. The number of aromatic amines is 1. The highest BCUT2D eigenvalue weighted by molar-refractivity contribution is 6.00. The number of benzene rings is 1. The average Bonchev–Trinajstić information content (AvgIpc) is 3.18. The lowest BCUT2D eigenvalue weighted by Gasteiger charge is -2.23. The molecule has 1 aromatic carbocycles. The minimum Gasteiger partial charge on any atom is -0.491 e. The molecule has 1 N–H and O–H groups in total. The predicted octanol–water partition coefficient (Wildman–Crippen LogP) is 3.55. The molecular formula is C25H29N3O5. The number of carbonyl (C=O) groups excluding carboxylic acids is 1. The third kappa shape index (κ3) is 4.06. The van der Waals surface area contributed by atoms with E-state index in [-0.39, 0.29) is 24.0 Å². The number of para-hydroxylation sites is 1. The molecule has 0 radical (unpaired) electrons. The Morgan fingerprint density at radius 2 is 2.00 bits per heavy atom. The second-order valence-corrected chi connectivity index (χ2v) is 8.29. The van der Waals surface area contributed by atoms with Crippen LogP contribution in [0.4, 0.5) is 5.82 Å². The molecule has 0 bridgehead atoms. The maximum absolute atomic E-state index is 13.3. The fraction of sp³-hybridized carbons (Fsp3) is 0.400. The van der Waals surface area contributed by atoms with Crippen molar-refractivity contribution >= 4 is 22.7 Å². The van der Waals surface area contributed by atoms with E-state index in [4.69, 9.17) is 19.2 Å². The van der Waals surface area contributed by atoms with Crippen molar-refractivity contribution in [2.24, 2.45) is 5.92 Å². The molecule has 2 atom stereocenters. The summed E-state index contributed by atoms with van der Waals surface area (Å²) >= 11 is 0. The van der Waals surface area contributed by atoms with Gasteiger partial charge in [-0.25, -0.2) is 9.78 Å². The van der Waals surface area contributed by atoms with Gasteiger partial charge in [0.1, 0.15) is 11.4 Å². The molecule has 1 saturated heterocycles. The van der Waals surface area contributed by atoms with Gasteiger partial charge in [-0.1, -0.05) is 25.1 Å². The van der Waals surface area contributed by atoms with E-state index >= 15 is 0 Å². The van der Waals surface area contributed by atoms with Gasteiger partial charge >= 0.3 is 5.97 Å². The van der Waals surface area contributed by atoms with Gasteiger partial charge in [0.05, 0.1) is 36.7 Å². The van der Waals surface area contributed by atoms with Crippen LogP contribution in [0.2, 0.25) is 0 Å². The second kappa shape index (κ2) is 9.23. The maximum atomic E-state index is 13.3. The maximum Gasteiger partial charge on any atom is 0.344 e. The van der Waals surface area contributed by atoms with Crippen molar-refractivity contribution in [1.29, 1.82) is 0 Å². The van der Waals surface area contributed by atoms with Crippen LogP contribution in [0.25, 0.3) is 22.2 Å². The van der Waals surface area contributed by atoms with Crippen molar-refractivity contribution in [1.82, 2.24) is 9.97 Å². The number of nitrogens with one attached hydrogen (secondary N) is 1. The fourth-order valence-corrected chi connectivity index (χ4v) is 4.50. The van der Waals surface area contributed by atoms with Gasteiger partial charge in [-0.15, -0.1) is 0 Å². The first-order valence-electron chi connectivity index (χ1n) is 11.0. The number of hydrogen-bond donors (Lipinski definition) is 1. The number of carbonyl (C=O) groups is 1. The van der Waals surface area contributed by atoms with Crippen LogP contribution >= 0.6 is 0 Å². The summed E-state index contributed by atoms with van der Waals surface area (Å²) in [5.41, 5.74) is 1.78. The quantitative estimate of drug-likeness (QED) is 0.573. The van der Waals surface area contributed by atoms with Crippen LogP contribution in [0.5, 0.6) is 5.75 Å². The van der Waals surface area contributed by atoms with Gasteiger partial charge < -0.3 is 24.1 Å². The van der Waals surface area contributed by atoms with Crippen LogP contribution in [-0.2, 0) is 9.47 Å². The van der Waals surface area contributed by atoms with Crippen molar-refractivity contribution in [2.75, 3.05) is 38.8 Å². The summed E-state index contributed by atoms with van der Waals surface area (Å²) in [6.07, 6.45) is 0.0623. The molecule has 0 aliphatic carbocycles. The minimum atomic E-state index is -0.698. The molecule has 33 heavy (non-hydrogen) atoms. The van der Waals surface area contributed by atoms with Crippen molar-refractivity contribution in [2.45, 2.75) is 26.9 Å². The van der Waals surface area contributed by atoms with Gasteiger partial charge in [0.15, 0.2) is 5.75 Å². The Morgan fingerprint density at radius 3 is 2.67 bits per heavy atom. The number of aryl methyl sites for hydroxylation is 1. The molecule has 0 spiro atoms.